The zero-order valence-electron chi connectivity index (χ0n) is 18.1. The molecule has 0 spiro atoms. The molecule has 33 heavy (non-hydrogen) atoms. The lowest BCUT2D eigenvalue weighted by Gasteiger charge is -2.36. The number of carbonyl (C=O) groups is 1. The van der Waals surface area contributed by atoms with E-state index in [1.807, 2.05) is 33.7 Å². The first kappa shape index (κ1) is 21.1. The number of piperazine rings is 1. The Morgan fingerprint density at radius 1 is 0.848 bits per heavy atom. The van der Waals surface area contributed by atoms with Gasteiger partial charge in [0.15, 0.2) is 0 Å². The number of imidazole rings is 1. The Hall–Kier alpha value is -3.74. The second-order valence-electron chi connectivity index (χ2n) is 8.19. The number of rotatable bonds is 5. The number of pyridine rings is 1. The Morgan fingerprint density at radius 2 is 1.52 bits per heavy atom. The highest BCUT2D eigenvalue weighted by Gasteiger charge is 2.22. The van der Waals surface area contributed by atoms with Crippen molar-refractivity contribution in [3.63, 3.8) is 0 Å². The summed E-state index contributed by atoms with van der Waals surface area (Å²) in [4.78, 5) is 21.8. The SMILES string of the molecule is O=C(CCc1c(-c2ccc(F)cc2)nc2ccccn12)N1CCN(c2ccc(F)cc2)CC1. The molecule has 1 fully saturated rings. The van der Waals surface area contributed by atoms with E-state index in [9.17, 15) is 13.6 Å². The van der Waals surface area contributed by atoms with Gasteiger partial charge in [0.1, 0.15) is 17.3 Å². The zero-order valence-corrected chi connectivity index (χ0v) is 18.1. The third kappa shape index (κ3) is 4.44. The topological polar surface area (TPSA) is 40.9 Å². The molecule has 3 heterocycles. The molecule has 5 nitrogen and oxygen atoms in total. The van der Waals surface area contributed by atoms with Gasteiger partial charge in [0, 0.05) is 50.0 Å². The summed E-state index contributed by atoms with van der Waals surface area (Å²) < 4.78 is 28.6. The average Bonchev–Trinajstić information content (AvgIpc) is 3.22. The van der Waals surface area contributed by atoms with Gasteiger partial charge in [0.25, 0.3) is 0 Å². The number of anilines is 1. The molecule has 1 aliphatic heterocycles. The summed E-state index contributed by atoms with van der Waals surface area (Å²) in [6.07, 6.45) is 2.85. The van der Waals surface area contributed by atoms with Crippen LogP contribution in [0.2, 0.25) is 0 Å². The van der Waals surface area contributed by atoms with E-state index in [4.69, 9.17) is 4.98 Å². The molecule has 2 aromatic heterocycles. The third-order valence-electron chi connectivity index (χ3n) is 6.15. The van der Waals surface area contributed by atoms with Crippen LogP contribution in [0.3, 0.4) is 0 Å². The van der Waals surface area contributed by atoms with Crippen LogP contribution in [0.25, 0.3) is 16.9 Å². The first-order valence-corrected chi connectivity index (χ1v) is 11.1. The maximum atomic E-state index is 13.4. The fourth-order valence-electron chi connectivity index (χ4n) is 4.37. The number of carbonyl (C=O) groups excluding carboxylic acids is 1. The van der Waals surface area contributed by atoms with Crippen LogP contribution in [0.15, 0.2) is 72.9 Å². The van der Waals surface area contributed by atoms with Gasteiger partial charge in [-0.15, -0.1) is 0 Å². The van der Waals surface area contributed by atoms with Crippen LogP contribution in [0.4, 0.5) is 14.5 Å². The minimum atomic E-state index is -0.293. The Morgan fingerprint density at radius 3 is 2.21 bits per heavy atom. The van der Waals surface area contributed by atoms with Gasteiger partial charge >= 0.3 is 0 Å². The number of fused-ring (bicyclic) bond motifs is 1. The van der Waals surface area contributed by atoms with Gasteiger partial charge in [-0.25, -0.2) is 13.8 Å². The van der Waals surface area contributed by atoms with E-state index < -0.39 is 0 Å². The van der Waals surface area contributed by atoms with Crippen molar-refractivity contribution < 1.29 is 13.6 Å². The van der Waals surface area contributed by atoms with Crippen molar-refractivity contribution in [2.24, 2.45) is 0 Å². The lowest BCUT2D eigenvalue weighted by Crippen LogP contribution is -2.48. The Kier molecular flexibility index (Phi) is 5.77. The molecule has 0 N–H and O–H groups in total. The summed E-state index contributed by atoms with van der Waals surface area (Å²) >= 11 is 0. The molecule has 0 radical (unpaired) electrons. The van der Waals surface area contributed by atoms with Crippen LogP contribution in [-0.2, 0) is 11.2 Å². The summed E-state index contributed by atoms with van der Waals surface area (Å²) in [5.41, 5.74) is 4.31. The van der Waals surface area contributed by atoms with Gasteiger partial charge in [0.05, 0.1) is 11.4 Å². The molecular weight excluding hydrogens is 422 g/mol. The van der Waals surface area contributed by atoms with Gasteiger partial charge in [-0.2, -0.15) is 0 Å². The van der Waals surface area contributed by atoms with Crippen molar-refractivity contribution in [3.8, 4) is 11.3 Å². The van der Waals surface area contributed by atoms with E-state index in [-0.39, 0.29) is 17.5 Å². The lowest BCUT2D eigenvalue weighted by molar-refractivity contribution is -0.131. The number of aromatic nitrogens is 2. The molecule has 1 saturated heterocycles. The molecule has 0 saturated carbocycles. The largest absolute Gasteiger partial charge is 0.368 e. The van der Waals surface area contributed by atoms with Crippen LogP contribution in [0, 0.1) is 11.6 Å². The highest BCUT2D eigenvalue weighted by molar-refractivity contribution is 5.77. The highest BCUT2D eigenvalue weighted by atomic mass is 19.1. The Balaban J connectivity index is 1.28. The summed E-state index contributed by atoms with van der Waals surface area (Å²) in [5, 5.41) is 0. The molecule has 0 unspecified atom stereocenters. The second kappa shape index (κ2) is 9.02. The lowest BCUT2D eigenvalue weighted by atomic mass is 10.1. The van der Waals surface area contributed by atoms with Crippen LogP contribution in [0.5, 0.6) is 0 Å². The fourth-order valence-corrected chi connectivity index (χ4v) is 4.37. The van der Waals surface area contributed by atoms with Gasteiger partial charge in [-0.05, 0) is 67.1 Å². The van der Waals surface area contributed by atoms with E-state index in [1.165, 1.54) is 24.3 Å². The van der Waals surface area contributed by atoms with Gasteiger partial charge < -0.3 is 14.2 Å². The maximum Gasteiger partial charge on any atom is 0.223 e. The number of halogens is 2. The van der Waals surface area contributed by atoms with Crippen molar-refractivity contribution >= 4 is 17.2 Å². The van der Waals surface area contributed by atoms with E-state index in [1.54, 1.807) is 24.3 Å². The van der Waals surface area contributed by atoms with E-state index in [2.05, 4.69) is 4.90 Å². The molecule has 4 aromatic rings. The normalized spacial score (nSPS) is 14.1. The summed E-state index contributed by atoms with van der Waals surface area (Å²) in [7, 11) is 0. The average molecular weight is 447 g/mol. The Labute approximate surface area is 190 Å². The van der Waals surface area contributed by atoms with E-state index in [0.717, 1.165) is 28.3 Å². The molecule has 0 atom stereocenters. The van der Waals surface area contributed by atoms with Crippen LogP contribution in [0.1, 0.15) is 12.1 Å². The number of hydrogen-bond acceptors (Lipinski definition) is 3. The van der Waals surface area contributed by atoms with Crippen LogP contribution in [-0.4, -0.2) is 46.4 Å². The maximum absolute atomic E-state index is 13.4. The minimum Gasteiger partial charge on any atom is -0.368 e. The number of nitrogens with zero attached hydrogens (tertiary/aromatic N) is 4. The van der Waals surface area contributed by atoms with Crippen LogP contribution < -0.4 is 4.90 Å². The number of hydrogen-bond donors (Lipinski definition) is 0. The molecular formula is C26H24F2N4O. The van der Waals surface area contributed by atoms with Crippen molar-refractivity contribution in [1.29, 1.82) is 0 Å². The molecule has 1 amide bonds. The number of benzene rings is 2. The third-order valence-corrected chi connectivity index (χ3v) is 6.15. The predicted molar refractivity (Wildman–Crippen MR) is 124 cm³/mol. The molecule has 5 rings (SSSR count). The minimum absolute atomic E-state index is 0.102. The standard InChI is InChI=1S/C26H24F2N4O/c27-20-6-4-19(5-7-20)26-23(32-14-2-1-3-24(32)29-26)12-13-25(33)31-17-15-30(16-18-31)22-10-8-21(28)9-11-22/h1-11,14H,12-13,15-18H2. The predicted octanol–water partition coefficient (Wildman–Crippen LogP) is 4.56. The molecule has 2 aromatic carbocycles. The quantitative estimate of drug-likeness (QED) is 0.451. The van der Waals surface area contributed by atoms with Crippen molar-refractivity contribution in [3.05, 3.63) is 90.3 Å². The first-order chi connectivity index (χ1) is 16.1. The Bertz CT molecular complexity index is 1260. The zero-order chi connectivity index (χ0) is 22.8. The number of aryl methyl sites for hydroxylation is 1. The molecule has 168 valence electrons. The number of amides is 1. The summed E-state index contributed by atoms with van der Waals surface area (Å²) in [5.74, 6) is -0.441. The molecule has 0 bridgehead atoms. The molecule has 7 heteroatoms. The van der Waals surface area contributed by atoms with Crippen molar-refractivity contribution in [2.75, 3.05) is 31.1 Å². The van der Waals surface area contributed by atoms with Crippen LogP contribution >= 0.6 is 0 Å². The summed E-state index contributed by atoms with van der Waals surface area (Å²) in [6.45, 7) is 2.70. The smallest absolute Gasteiger partial charge is 0.223 e. The molecule has 1 aliphatic rings. The van der Waals surface area contributed by atoms with E-state index >= 15 is 0 Å². The first-order valence-electron chi connectivity index (χ1n) is 11.1. The van der Waals surface area contributed by atoms with Gasteiger partial charge in [0.2, 0.25) is 5.91 Å². The highest BCUT2D eigenvalue weighted by Crippen LogP contribution is 2.26. The second-order valence-corrected chi connectivity index (χ2v) is 8.19. The van der Waals surface area contributed by atoms with Crippen molar-refractivity contribution in [1.82, 2.24) is 14.3 Å². The van der Waals surface area contributed by atoms with E-state index in [0.29, 0.717) is 39.0 Å². The van der Waals surface area contributed by atoms with Gasteiger partial charge in [-0.1, -0.05) is 6.07 Å². The monoisotopic (exact) mass is 446 g/mol. The van der Waals surface area contributed by atoms with Gasteiger partial charge in [-0.3, -0.25) is 4.79 Å². The fraction of sp³-hybridized carbons (Fsp3) is 0.231. The summed E-state index contributed by atoms with van der Waals surface area (Å²) in [6, 6.07) is 18.5. The molecule has 0 aliphatic carbocycles. The van der Waals surface area contributed by atoms with Crippen molar-refractivity contribution in [2.45, 2.75) is 12.8 Å².